The third kappa shape index (κ3) is 2.00. The predicted molar refractivity (Wildman–Crippen MR) is 60.0 cm³/mol. The van der Waals surface area contributed by atoms with Gasteiger partial charge in [0, 0.05) is 0 Å². The van der Waals surface area contributed by atoms with E-state index in [1.54, 1.807) is 7.11 Å². The molecule has 82 valence electrons. The molecule has 2 nitrogen and oxygen atoms in total. The Morgan fingerprint density at radius 2 is 2.13 bits per heavy atom. The van der Waals surface area contributed by atoms with Crippen molar-refractivity contribution in [2.45, 2.75) is 26.4 Å². The molecule has 0 spiro atoms. The molecule has 1 aromatic rings. The van der Waals surface area contributed by atoms with Crippen molar-refractivity contribution in [2.24, 2.45) is 11.8 Å². The van der Waals surface area contributed by atoms with Gasteiger partial charge in [-0.25, -0.2) is 0 Å². The maximum absolute atomic E-state index is 10.1. The molecule has 3 unspecified atom stereocenters. The minimum absolute atomic E-state index is 0.301. The summed E-state index contributed by atoms with van der Waals surface area (Å²) in [6, 6.07) is 5.91. The van der Waals surface area contributed by atoms with E-state index in [1.807, 2.05) is 25.1 Å². The van der Waals surface area contributed by atoms with Gasteiger partial charge in [0.05, 0.1) is 13.2 Å². The van der Waals surface area contributed by atoms with E-state index >= 15 is 0 Å². The Morgan fingerprint density at radius 3 is 2.60 bits per heavy atom. The van der Waals surface area contributed by atoms with Gasteiger partial charge in [0.15, 0.2) is 0 Å². The quantitative estimate of drug-likeness (QED) is 0.824. The highest BCUT2D eigenvalue weighted by Crippen LogP contribution is 2.47. The first-order chi connectivity index (χ1) is 7.13. The number of aliphatic hydroxyl groups excluding tert-OH is 1. The molecular weight excluding hydrogens is 188 g/mol. The van der Waals surface area contributed by atoms with Gasteiger partial charge in [0.2, 0.25) is 0 Å². The largest absolute Gasteiger partial charge is 0.496 e. The second kappa shape index (κ2) is 3.86. The molecule has 0 radical (unpaired) electrons. The zero-order valence-electron chi connectivity index (χ0n) is 9.53. The molecule has 2 rings (SSSR count). The van der Waals surface area contributed by atoms with Gasteiger partial charge in [0.1, 0.15) is 5.75 Å². The number of hydrogen-bond acceptors (Lipinski definition) is 2. The van der Waals surface area contributed by atoms with Gasteiger partial charge < -0.3 is 9.84 Å². The van der Waals surface area contributed by atoms with Crippen molar-refractivity contribution >= 4 is 0 Å². The summed E-state index contributed by atoms with van der Waals surface area (Å²) in [6.07, 6.45) is 0.844. The van der Waals surface area contributed by atoms with Crippen LogP contribution in [0.3, 0.4) is 0 Å². The lowest BCUT2D eigenvalue weighted by Gasteiger charge is -2.12. The van der Waals surface area contributed by atoms with E-state index < -0.39 is 0 Å². The van der Waals surface area contributed by atoms with Crippen molar-refractivity contribution in [3.05, 3.63) is 29.3 Å². The van der Waals surface area contributed by atoms with Crippen molar-refractivity contribution in [1.29, 1.82) is 0 Å². The van der Waals surface area contributed by atoms with Gasteiger partial charge in [-0.15, -0.1) is 0 Å². The summed E-state index contributed by atoms with van der Waals surface area (Å²) in [6.45, 7) is 4.19. The van der Waals surface area contributed by atoms with Crippen molar-refractivity contribution in [1.82, 2.24) is 0 Å². The lowest BCUT2D eigenvalue weighted by molar-refractivity contribution is 0.148. The first-order valence-corrected chi connectivity index (χ1v) is 5.46. The fourth-order valence-corrected chi connectivity index (χ4v) is 2.12. The molecule has 3 atom stereocenters. The van der Waals surface area contributed by atoms with Crippen molar-refractivity contribution in [3.63, 3.8) is 0 Å². The molecule has 0 bridgehead atoms. The summed E-state index contributed by atoms with van der Waals surface area (Å²) in [7, 11) is 1.67. The minimum atomic E-state index is -0.301. The SMILES string of the molecule is COc1ccc(C(O)C2CC2C)cc1C. The van der Waals surface area contributed by atoms with Gasteiger partial charge in [0.25, 0.3) is 0 Å². The molecule has 2 heteroatoms. The summed E-state index contributed by atoms with van der Waals surface area (Å²) in [5.41, 5.74) is 2.10. The lowest BCUT2D eigenvalue weighted by Crippen LogP contribution is -2.01. The van der Waals surface area contributed by atoms with E-state index in [2.05, 4.69) is 6.92 Å². The van der Waals surface area contributed by atoms with Crippen molar-refractivity contribution in [3.8, 4) is 5.75 Å². The van der Waals surface area contributed by atoms with E-state index in [0.717, 1.165) is 23.3 Å². The van der Waals surface area contributed by atoms with Crippen LogP contribution in [0.2, 0.25) is 0 Å². The normalized spacial score (nSPS) is 26.1. The molecule has 1 aliphatic rings. The molecular formula is C13H18O2. The van der Waals surface area contributed by atoms with Crippen LogP contribution in [0, 0.1) is 18.8 Å². The van der Waals surface area contributed by atoms with E-state index in [0.29, 0.717) is 11.8 Å². The number of ether oxygens (including phenoxy) is 1. The van der Waals surface area contributed by atoms with Crippen LogP contribution in [0.15, 0.2) is 18.2 Å². The second-order valence-electron chi connectivity index (χ2n) is 4.55. The molecule has 0 amide bonds. The van der Waals surface area contributed by atoms with Gasteiger partial charge in [-0.05, 0) is 48.4 Å². The summed E-state index contributed by atoms with van der Waals surface area (Å²) < 4.78 is 5.20. The maximum atomic E-state index is 10.1. The molecule has 0 heterocycles. The van der Waals surface area contributed by atoms with Crippen LogP contribution < -0.4 is 4.74 Å². The summed E-state index contributed by atoms with van der Waals surface area (Å²) >= 11 is 0. The Hall–Kier alpha value is -1.02. The topological polar surface area (TPSA) is 29.5 Å². The summed E-state index contributed by atoms with van der Waals surface area (Å²) in [4.78, 5) is 0. The predicted octanol–water partition coefficient (Wildman–Crippen LogP) is 2.69. The van der Waals surface area contributed by atoms with Crippen LogP contribution in [-0.2, 0) is 0 Å². The molecule has 0 aromatic heterocycles. The number of aryl methyl sites for hydroxylation is 1. The smallest absolute Gasteiger partial charge is 0.121 e. The molecule has 1 fully saturated rings. The molecule has 1 saturated carbocycles. The van der Waals surface area contributed by atoms with E-state index in [-0.39, 0.29) is 6.10 Å². The number of methoxy groups -OCH3 is 1. The van der Waals surface area contributed by atoms with Gasteiger partial charge in [-0.2, -0.15) is 0 Å². The third-order valence-electron chi connectivity index (χ3n) is 3.34. The standard InChI is InChI=1S/C13H18O2/c1-8-7-11(8)13(14)10-4-5-12(15-3)9(2)6-10/h4-6,8,11,13-14H,7H2,1-3H3. The second-order valence-corrected chi connectivity index (χ2v) is 4.55. The van der Waals surface area contributed by atoms with Crippen molar-refractivity contribution in [2.75, 3.05) is 7.11 Å². The monoisotopic (exact) mass is 206 g/mol. The van der Waals surface area contributed by atoms with E-state index in [9.17, 15) is 5.11 Å². The molecule has 1 aromatic carbocycles. The third-order valence-corrected chi connectivity index (χ3v) is 3.34. The first kappa shape index (κ1) is 10.5. The Morgan fingerprint density at radius 1 is 1.47 bits per heavy atom. The van der Waals surface area contributed by atoms with Crippen LogP contribution in [0.1, 0.15) is 30.6 Å². The zero-order chi connectivity index (χ0) is 11.0. The Balaban J connectivity index is 2.18. The van der Waals surface area contributed by atoms with Gasteiger partial charge >= 0.3 is 0 Å². The van der Waals surface area contributed by atoms with Crippen LogP contribution in [0.5, 0.6) is 5.75 Å². The highest BCUT2D eigenvalue weighted by Gasteiger charge is 2.39. The van der Waals surface area contributed by atoms with Crippen LogP contribution >= 0.6 is 0 Å². The highest BCUT2D eigenvalue weighted by molar-refractivity contribution is 5.37. The van der Waals surface area contributed by atoms with Crippen LogP contribution in [0.25, 0.3) is 0 Å². The Bertz CT molecular complexity index is 360. The molecule has 15 heavy (non-hydrogen) atoms. The summed E-state index contributed by atoms with van der Waals surface area (Å²) in [5.74, 6) is 2.01. The fraction of sp³-hybridized carbons (Fsp3) is 0.538. The first-order valence-electron chi connectivity index (χ1n) is 5.46. The van der Waals surface area contributed by atoms with E-state index in [1.165, 1.54) is 0 Å². The average Bonchev–Trinajstić information content (AvgIpc) is 2.94. The highest BCUT2D eigenvalue weighted by atomic mass is 16.5. The Kier molecular flexibility index (Phi) is 2.70. The van der Waals surface area contributed by atoms with Crippen molar-refractivity contribution < 1.29 is 9.84 Å². The average molecular weight is 206 g/mol. The summed E-state index contributed by atoms with van der Waals surface area (Å²) in [5, 5.41) is 10.1. The minimum Gasteiger partial charge on any atom is -0.496 e. The Labute approximate surface area is 90.9 Å². The van der Waals surface area contributed by atoms with Crippen LogP contribution in [-0.4, -0.2) is 12.2 Å². The zero-order valence-corrected chi connectivity index (χ0v) is 9.53. The molecule has 1 aliphatic carbocycles. The molecule has 0 saturated heterocycles. The fourth-order valence-electron chi connectivity index (χ4n) is 2.12. The number of aliphatic hydroxyl groups is 1. The number of benzene rings is 1. The number of rotatable bonds is 3. The van der Waals surface area contributed by atoms with Gasteiger partial charge in [-0.1, -0.05) is 13.0 Å². The number of hydrogen-bond donors (Lipinski definition) is 1. The lowest BCUT2D eigenvalue weighted by atomic mass is 10.0. The molecule has 1 N–H and O–H groups in total. The van der Waals surface area contributed by atoms with Gasteiger partial charge in [-0.3, -0.25) is 0 Å². The van der Waals surface area contributed by atoms with Crippen LogP contribution in [0.4, 0.5) is 0 Å². The molecule has 0 aliphatic heterocycles. The van der Waals surface area contributed by atoms with E-state index in [4.69, 9.17) is 4.74 Å². The maximum Gasteiger partial charge on any atom is 0.121 e.